The number of allylic oxidation sites excluding steroid dienone is 2. The molecule has 0 aliphatic carbocycles. The Bertz CT molecular complexity index is 1220. The van der Waals surface area contributed by atoms with Gasteiger partial charge < -0.3 is 4.90 Å². The molecule has 1 aliphatic rings. The third-order valence-corrected chi connectivity index (χ3v) is 10.5. The lowest BCUT2D eigenvalue weighted by molar-refractivity contribution is -0.669. The Morgan fingerprint density at radius 3 is 2.02 bits per heavy atom. The summed E-state index contributed by atoms with van der Waals surface area (Å²) in [7, 11) is 0. The van der Waals surface area contributed by atoms with E-state index in [4.69, 9.17) is 0 Å². The number of benzene rings is 2. The Morgan fingerprint density at radius 2 is 1.29 bits per heavy atom. The topological polar surface area (TPSA) is 7.12 Å². The van der Waals surface area contributed by atoms with E-state index in [1.165, 1.54) is 134 Å². The van der Waals surface area contributed by atoms with Crippen molar-refractivity contribution in [3.05, 3.63) is 70.7 Å². The summed E-state index contributed by atoms with van der Waals surface area (Å²) in [6.45, 7) is 6.81. The first-order chi connectivity index (χ1) is 20.3. The SMILES string of the molecule is CCCCCCCCCCN1/C(=C\C=C\c2sc3ccccc3[n+]2CCCCCCCCCC)Sc2ccccc21. The van der Waals surface area contributed by atoms with Crippen molar-refractivity contribution in [2.24, 2.45) is 0 Å². The van der Waals surface area contributed by atoms with Crippen molar-refractivity contribution in [3.63, 3.8) is 0 Å². The second-order valence-electron chi connectivity index (χ2n) is 11.6. The molecule has 0 fully saturated rings. The zero-order valence-electron chi connectivity index (χ0n) is 25.8. The molecule has 222 valence electrons. The Morgan fingerprint density at radius 1 is 0.683 bits per heavy atom. The lowest BCUT2D eigenvalue weighted by Crippen LogP contribution is -2.34. The van der Waals surface area contributed by atoms with E-state index in [2.05, 4.69) is 90.1 Å². The third kappa shape index (κ3) is 10.0. The molecule has 0 radical (unpaired) electrons. The monoisotopic (exact) mass is 589 g/mol. The van der Waals surface area contributed by atoms with Crippen LogP contribution in [-0.2, 0) is 6.54 Å². The van der Waals surface area contributed by atoms with Crippen molar-refractivity contribution < 1.29 is 4.57 Å². The van der Waals surface area contributed by atoms with E-state index in [0.29, 0.717) is 0 Å². The summed E-state index contributed by atoms with van der Waals surface area (Å²) < 4.78 is 3.94. The molecule has 3 aromatic rings. The van der Waals surface area contributed by atoms with E-state index < -0.39 is 0 Å². The summed E-state index contributed by atoms with van der Waals surface area (Å²) in [5, 5.41) is 2.72. The molecule has 2 heterocycles. The minimum Gasteiger partial charge on any atom is -0.335 e. The number of fused-ring (bicyclic) bond motifs is 2. The molecule has 0 saturated carbocycles. The standard InChI is InChI=1S/C37H53N2S2/c1-3-5-7-9-11-13-15-21-30-38-32-24-17-19-26-34(32)40-36(38)28-23-29-37-39(33-25-18-20-27-35(33)41-37)31-22-16-14-12-10-8-6-4-2/h17-20,23-29H,3-16,21-22,30-31H2,1-2H3/q+1. The molecule has 0 amide bonds. The van der Waals surface area contributed by atoms with Gasteiger partial charge in [0.1, 0.15) is 4.70 Å². The molecule has 0 spiro atoms. The van der Waals surface area contributed by atoms with Crippen molar-refractivity contribution in [2.45, 2.75) is 128 Å². The predicted molar refractivity (Wildman–Crippen MR) is 184 cm³/mol. The zero-order chi connectivity index (χ0) is 28.5. The van der Waals surface area contributed by atoms with E-state index in [0.717, 1.165) is 13.1 Å². The first kappa shape index (κ1) is 31.9. The molecule has 0 saturated heterocycles. The maximum Gasteiger partial charge on any atom is 0.262 e. The van der Waals surface area contributed by atoms with Gasteiger partial charge in [-0.15, -0.1) is 0 Å². The third-order valence-electron chi connectivity index (χ3n) is 8.22. The molecule has 2 aromatic carbocycles. The van der Waals surface area contributed by atoms with Gasteiger partial charge in [0, 0.05) is 30.0 Å². The van der Waals surface area contributed by atoms with Crippen LogP contribution in [0, 0.1) is 0 Å². The molecule has 1 aliphatic heterocycles. The van der Waals surface area contributed by atoms with Gasteiger partial charge in [0.2, 0.25) is 5.52 Å². The molecule has 1 aromatic heterocycles. The number of para-hydroxylation sites is 2. The van der Waals surface area contributed by atoms with E-state index in [9.17, 15) is 0 Å². The van der Waals surface area contributed by atoms with Gasteiger partial charge >= 0.3 is 0 Å². The van der Waals surface area contributed by atoms with Gasteiger partial charge in [-0.25, -0.2) is 0 Å². The van der Waals surface area contributed by atoms with E-state index in [1.807, 2.05) is 23.1 Å². The van der Waals surface area contributed by atoms with Crippen molar-refractivity contribution in [3.8, 4) is 0 Å². The normalized spacial score (nSPS) is 14.2. The van der Waals surface area contributed by atoms with Crippen LogP contribution in [0.15, 0.2) is 70.6 Å². The smallest absolute Gasteiger partial charge is 0.262 e. The number of thiazole rings is 1. The van der Waals surface area contributed by atoms with E-state index in [1.54, 1.807) is 0 Å². The number of thioether (sulfide) groups is 1. The van der Waals surface area contributed by atoms with E-state index >= 15 is 0 Å². The van der Waals surface area contributed by atoms with E-state index in [-0.39, 0.29) is 0 Å². The number of aromatic nitrogens is 1. The Labute approximate surface area is 258 Å². The molecule has 41 heavy (non-hydrogen) atoms. The van der Waals surface area contributed by atoms with Gasteiger partial charge in [-0.05, 0) is 37.1 Å². The molecule has 0 unspecified atom stereocenters. The summed E-state index contributed by atoms with van der Waals surface area (Å²) in [6, 6.07) is 17.8. The average molecular weight is 590 g/mol. The number of aryl methyl sites for hydroxylation is 1. The van der Waals surface area contributed by atoms with Crippen LogP contribution in [0.4, 0.5) is 5.69 Å². The summed E-state index contributed by atoms with van der Waals surface area (Å²) in [6.07, 6.45) is 28.8. The van der Waals surface area contributed by atoms with Crippen LogP contribution < -0.4 is 9.47 Å². The first-order valence-electron chi connectivity index (χ1n) is 16.7. The minimum atomic E-state index is 1.11. The van der Waals surface area contributed by atoms with Gasteiger partial charge in [0.05, 0.1) is 10.7 Å². The zero-order valence-corrected chi connectivity index (χ0v) is 27.4. The van der Waals surface area contributed by atoms with Crippen LogP contribution in [0.1, 0.15) is 122 Å². The summed E-state index contributed by atoms with van der Waals surface area (Å²) in [5.74, 6) is 0. The molecule has 0 atom stereocenters. The van der Waals surface area contributed by atoms with Crippen molar-refractivity contribution in [1.82, 2.24) is 0 Å². The molecular weight excluding hydrogens is 537 g/mol. The summed E-state index contributed by atoms with van der Waals surface area (Å²) in [5.41, 5.74) is 2.76. The van der Waals surface area contributed by atoms with Crippen molar-refractivity contribution in [1.29, 1.82) is 0 Å². The fourth-order valence-corrected chi connectivity index (χ4v) is 8.04. The highest BCUT2D eigenvalue weighted by Gasteiger charge is 2.24. The van der Waals surface area contributed by atoms with Crippen LogP contribution >= 0.6 is 23.1 Å². The van der Waals surface area contributed by atoms with Crippen molar-refractivity contribution in [2.75, 3.05) is 11.4 Å². The second kappa shape index (κ2) is 18.5. The van der Waals surface area contributed by atoms with Gasteiger partial charge in [-0.3, -0.25) is 0 Å². The average Bonchev–Trinajstić information content (AvgIpc) is 3.53. The Balaban J connectivity index is 1.36. The fourth-order valence-electron chi connectivity index (χ4n) is 5.84. The fraction of sp³-hybridized carbons (Fsp3) is 0.541. The largest absolute Gasteiger partial charge is 0.335 e. The Kier molecular flexibility index (Phi) is 14.4. The number of anilines is 1. The van der Waals surface area contributed by atoms with Crippen LogP contribution in [-0.4, -0.2) is 6.54 Å². The van der Waals surface area contributed by atoms with Crippen LogP contribution in [0.5, 0.6) is 0 Å². The van der Waals surface area contributed by atoms with Gasteiger partial charge in [0.25, 0.3) is 5.01 Å². The highest BCUT2D eigenvalue weighted by molar-refractivity contribution is 8.03. The highest BCUT2D eigenvalue weighted by atomic mass is 32.2. The minimum absolute atomic E-state index is 1.11. The maximum absolute atomic E-state index is 2.56. The summed E-state index contributed by atoms with van der Waals surface area (Å²) >= 11 is 3.85. The lowest BCUT2D eigenvalue weighted by atomic mass is 10.1. The number of rotatable bonds is 20. The second-order valence-corrected chi connectivity index (χ2v) is 13.7. The Hall–Kier alpha value is -2.04. The first-order valence-corrected chi connectivity index (χ1v) is 18.3. The van der Waals surface area contributed by atoms with Crippen LogP contribution in [0.3, 0.4) is 0 Å². The number of unbranched alkanes of at least 4 members (excludes halogenated alkanes) is 14. The lowest BCUT2D eigenvalue weighted by Gasteiger charge is -2.20. The summed E-state index contributed by atoms with van der Waals surface area (Å²) in [4.78, 5) is 3.94. The van der Waals surface area contributed by atoms with Crippen LogP contribution in [0.2, 0.25) is 0 Å². The van der Waals surface area contributed by atoms with Gasteiger partial charge in [0.15, 0.2) is 6.54 Å². The van der Waals surface area contributed by atoms with Crippen molar-refractivity contribution >= 4 is 45.1 Å². The maximum atomic E-state index is 2.56. The molecule has 2 nitrogen and oxygen atoms in total. The van der Waals surface area contributed by atoms with Gasteiger partial charge in [-0.2, -0.15) is 4.57 Å². The molecule has 4 rings (SSSR count). The predicted octanol–water partition coefficient (Wildman–Crippen LogP) is 11.9. The quantitative estimate of drug-likeness (QED) is 0.0956. The van der Waals surface area contributed by atoms with Crippen LogP contribution in [0.25, 0.3) is 16.3 Å². The molecule has 4 heteroatoms. The van der Waals surface area contributed by atoms with Gasteiger partial charge in [-0.1, -0.05) is 151 Å². The number of hydrogen-bond acceptors (Lipinski definition) is 3. The molecule has 0 bridgehead atoms. The highest BCUT2D eigenvalue weighted by Crippen LogP contribution is 2.45. The molecule has 0 N–H and O–H groups in total. The molecular formula is C37H53N2S2+. The number of nitrogens with zero attached hydrogens (tertiary/aromatic N) is 2. The number of hydrogen-bond donors (Lipinski definition) is 0.